The van der Waals surface area contributed by atoms with Crippen molar-refractivity contribution in [2.45, 2.75) is 0 Å². The summed E-state index contributed by atoms with van der Waals surface area (Å²) in [5.74, 6) is 0.176. The Balaban J connectivity index is 3.13. The molecule has 0 amide bonds. The average Bonchev–Trinajstić information content (AvgIpc) is 2.16. The summed E-state index contributed by atoms with van der Waals surface area (Å²) < 4.78 is 4.82. The molecule has 0 unspecified atom stereocenters. The molecule has 64 valence electrons. The van der Waals surface area contributed by atoms with Crippen molar-refractivity contribution in [1.29, 1.82) is 0 Å². The molecule has 0 saturated heterocycles. The third-order valence-electron chi connectivity index (χ3n) is 1.26. The van der Waals surface area contributed by atoms with Crippen LogP contribution in [0.15, 0.2) is 17.4 Å². The fourth-order valence-electron chi connectivity index (χ4n) is 0.718. The lowest BCUT2D eigenvalue weighted by molar-refractivity contribution is 0.318. The highest BCUT2D eigenvalue weighted by Crippen LogP contribution is 2.10. The maximum absolute atomic E-state index is 8.37. The van der Waals surface area contributed by atoms with Gasteiger partial charge in [-0.2, -0.15) is 5.10 Å². The topological polar surface area (TPSA) is 93.6 Å². The van der Waals surface area contributed by atoms with E-state index in [1.165, 1.54) is 13.3 Å². The molecule has 6 heteroatoms. The average molecular weight is 168 g/mol. The quantitative estimate of drug-likeness (QED) is 0.271. The largest absolute Gasteiger partial charge is 0.479 e. The molecule has 12 heavy (non-hydrogen) atoms. The zero-order valence-electron chi connectivity index (χ0n) is 6.43. The summed E-state index contributed by atoms with van der Waals surface area (Å²) in [5.41, 5.74) is 5.73. The van der Waals surface area contributed by atoms with Gasteiger partial charge in [0, 0.05) is 0 Å². The summed E-state index contributed by atoms with van der Waals surface area (Å²) >= 11 is 0. The van der Waals surface area contributed by atoms with Gasteiger partial charge in [-0.15, -0.1) is 5.10 Å². The predicted molar refractivity (Wildman–Crippen MR) is 41.1 cm³/mol. The highest BCUT2D eigenvalue weighted by atomic mass is 16.5. The Kier molecular flexibility index (Phi) is 2.42. The second kappa shape index (κ2) is 3.51. The van der Waals surface area contributed by atoms with Crippen LogP contribution in [0.3, 0.4) is 0 Å². The minimum atomic E-state index is -0.0539. The van der Waals surface area contributed by atoms with Crippen LogP contribution in [-0.4, -0.2) is 28.4 Å². The molecule has 0 fully saturated rings. The molecule has 0 aliphatic carbocycles. The smallest absolute Gasteiger partial charge is 0.244 e. The molecule has 0 bridgehead atoms. The van der Waals surface area contributed by atoms with E-state index >= 15 is 0 Å². The van der Waals surface area contributed by atoms with Gasteiger partial charge in [0.25, 0.3) is 0 Å². The number of hydrogen-bond donors (Lipinski definition) is 2. The fraction of sp³-hybridized carbons (Fsp3) is 0.167. The highest BCUT2D eigenvalue weighted by molar-refractivity contribution is 5.98. The Labute approximate surface area is 68.7 Å². The van der Waals surface area contributed by atoms with Crippen molar-refractivity contribution < 1.29 is 9.94 Å². The van der Waals surface area contributed by atoms with Crippen LogP contribution in [0, 0.1) is 0 Å². The van der Waals surface area contributed by atoms with Crippen LogP contribution >= 0.6 is 0 Å². The monoisotopic (exact) mass is 168 g/mol. The third kappa shape index (κ3) is 1.42. The molecular weight excluding hydrogens is 160 g/mol. The SMILES string of the molecule is COc1nnccc1/C(N)=N/O. The number of aromatic nitrogens is 2. The van der Waals surface area contributed by atoms with Gasteiger partial charge in [0.2, 0.25) is 5.88 Å². The van der Waals surface area contributed by atoms with Crippen molar-refractivity contribution in [2.24, 2.45) is 10.9 Å². The summed E-state index contributed by atoms with van der Waals surface area (Å²) in [4.78, 5) is 0. The molecule has 1 aromatic rings. The Morgan fingerprint density at radius 2 is 2.50 bits per heavy atom. The van der Waals surface area contributed by atoms with E-state index < -0.39 is 0 Å². The number of oxime groups is 1. The van der Waals surface area contributed by atoms with Gasteiger partial charge in [-0.1, -0.05) is 5.16 Å². The molecule has 3 N–H and O–H groups in total. The first kappa shape index (κ1) is 8.25. The van der Waals surface area contributed by atoms with E-state index in [0.717, 1.165) is 0 Å². The summed E-state index contributed by atoms with van der Waals surface area (Å²) in [7, 11) is 1.43. The Hall–Kier alpha value is -1.85. The van der Waals surface area contributed by atoms with E-state index in [1.807, 2.05) is 0 Å². The molecule has 0 aliphatic heterocycles. The van der Waals surface area contributed by atoms with Crippen molar-refractivity contribution in [1.82, 2.24) is 10.2 Å². The number of amidine groups is 1. The van der Waals surface area contributed by atoms with Crippen LogP contribution in [0.2, 0.25) is 0 Å². The van der Waals surface area contributed by atoms with Crippen molar-refractivity contribution >= 4 is 5.84 Å². The first-order valence-corrected chi connectivity index (χ1v) is 3.13. The molecule has 1 aromatic heterocycles. The molecule has 0 aromatic carbocycles. The van der Waals surface area contributed by atoms with Crippen LogP contribution in [-0.2, 0) is 0 Å². The standard InChI is InChI=1S/C6H8N4O2/c1-12-6-4(5(7)10-11)2-3-8-9-6/h2-3,11H,1H3,(H2,7,10). The Bertz CT molecular complexity index is 299. The van der Waals surface area contributed by atoms with Crippen LogP contribution in [0.4, 0.5) is 0 Å². The summed E-state index contributed by atoms with van der Waals surface area (Å²) in [6.07, 6.45) is 1.43. The number of rotatable bonds is 2. The van der Waals surface area contributed by atoms with Gasteiger partial charge in [-0.25, -0.2) is 0 Å². The molecule has 1 rings (SSSR count). The van der Waals surface area contributed by atoms with Crippen LogP contribution in [0.25, 0.3) is 0 Å². The summed E-state index contributed by atoms with van der Waals surface area (Å²) in [6, 6.07) is 1.54. The van der Waals surface area contributed by atoms with Gasteiger partial charge >= 0.3 is 0 Å². The lowest BCUT2D eigenvalue weighted by Crippen LogP contribution is -2.15. The van der Waals surface area contributed by atoms with Crippen molar-refractivity contribution in [3.8, 4) is 5.88 Å². The second-order valence-corrected chi connectivity index (χ2v) is 1.94. The molecule has 0 spiro atoms. The summed E-state index contributed by atoms with van der Waals surface area (Å²) in [6.45, 7) is 0. The van der Waals surface area contributed by atoms with Gasteiger partial charge in [0.1, 0.15) is 0 Å². The zero-order chi connectivity index (χ0) is 8.97. The van der Waals surface area contributed by atoms with E-state index in [9.17, 15) is 0 Å². The minimum Gasteiger partial charge on any atom is -0.479 e. The van der Waals surface area contributed by atoms with E-state index in [-0.39, 0.29) is 11.7 Å². The molecule has 6 nitrogen and oxygen atoms in total. The maximum Gasteiger partial charge on any atom is 0.244 e. The maximum atomic E-state index is 8.37. The Morgan fingerprint density at radius 1 is 1.75 bits per heavy atom. The van der Waals surface area contributed by atoms with Crippen LogP contribution in [0.5, 0.6) is 5.88 Å². The van der Waals surface area contributed by atoms with Crippen LogP contribution < -0.4 is 10.5 Å². The first-order valence-electron chi connectivity index (χ1n) is 3.13. The lowest BCUT2D eigenvalue weighted by atomic mass is 10.3. The van der Waals surface area contributed by atoms with Gasteiger partial charge in [0.05, 0.1) is 18.9 Å². The van der Waals surface area contributed by atoms with Crippen molar-refractivity contribution in [3.63, 3.8) is 0 Å². The van der Waals surface area contributed by atoms with Crippen molar-refractivity contribution in [2.75, 3.05) is 7.11 Å². The van der Waals surface area contributed by atoms with Gasteiger partial charge in [0.15, 0.2) is 5.84 Å². The molecule has 1 heterocycles. The number of methoxy groups -OCH3 is 1. The molecular formula is C6H8N4O2. The number of nitrogens with zero attached hydrogens (tertiary/aromatic N) is 3. The fourth-order valence-corrected chi connectivity index (χ4v) is 0.718. The summed E-state index contributed by atoms with van der Waals surface area (Å²) in [5, 5.41) is 18.4. The number of ether oxygens (including phenoxy) is 1. The first-order chi connectivity index (χ1) is 5.79. The third-order valence-corrected chi connectivity index (χ3v) is 1.26. The van der Waals surface area contributed by atoms with Gasteiger partial charge < -0.3 is 15.7 Å². The minimum absolute atomic E-state index is 0.0539. The zero-order valence-corrected chi connectivity index (χ0v) is 6.43. The van der Waals surface area contributed by atoms with E-state index in [4.69, 9.17) is 15.7 Å². The second-order valence-electron chi connectivity index (χ2n) is 1.94. The number of nitrogens with two attached hydrogens (primary N) is 1. The molecule has 0 atom stereocenters. The van der Waals surface area contributed by atoms with Gasteiger partial charge in [-0.05, 0) is 6.07 Å². The number of hydrogen-bond acceptors (Lipinski definition) is 5. The van der Waals surface area contributed by atoms with E-state index in [0.29, 0.717) is 5.56 Å². The predicted octanol–water partition coefficient (Wildman–Crippen LogP) is -0.420. The molecule has 0 radical (unpaired) electrons. The van der Waals surface area contributed by atoms with Gasteiger partial charge in [-0.3, -0.25) is 0 Å². The normalized spacial score (nSPS) is 11.2. The van der Waals surface area contributed by atoms with E-state index in [2.05, 4.69) is 15.4 Å². The van der Waals surface area contributed by atoms with E-state index in [1.54, 1.807) is 6.07 Å². The molecule has 0 saturated carbocycles. The van der Waals surface area contributed by atoms with Crippen molar-refractivity contribution in [3.05, 3.63) is 17.8 Å². The molecule has 0 aliphatic rings. The van der Waals surface area contributed by atoms with Crippen LogP contribution in [0.1, 0.15) is 5.56 Å². The Morgan fingerprint density at radius 3 is 3.08 bits per heavy atom. The highest BCUT2D eigenvalue weighted by Gasteiger charge is 2.07. The lowest BCUT2D eigenvalue weighted by Gasteiger charge is -2.02.